The predicted molar refractivity (Wildman–Crippen MR) is 274 cm³/mol. The van der Waals surface area contributed by atoms with Gasteiger partial charge in [0.1, 0.15) is 6.10 Å². The Hall–Kier alpha value is -5.85. The molecule has 3 unspecified atom stereocenters. The Kier molecular flexibility index (Phi) is 17.1. The minimum Gasteiger partial charge on any atom is -0.460 e. The van der Waals surface area contributed by atoms with Crippen molar-refractivity contribution in [2.45, 2.75) is 124 Å². The maximum Gasteiger partial charge on any atom is 0.511 e. The van der Waals surface area contributed by atoms with Crippen LogP contribution in [0.4, 0.5) is 41.6 Å². The Morgan fingerprint density at radius 3 is 1.62 bits per heavy atom. The second-order valence-corrected chi connectivity index (χ2v) is 20.2. The molecule has 1 aliphatic carbocycles. The lowest BCUT2D eigenvalue weighted by atomic mass is 9.82. The average Bonchev–Trinajstić information content (AvgIpc) is 3.30. The van der Waals surface area contributed by atoms with Crippen molar-refractivity contribution in [2.75, 3.05) is 23.0 Å². The maximum absolute atomic E-state index is 13.3. The van der Waals surface area contributed by atoms with Crippen LogP contribution in [0.15, 0.2) is 109 Å². The summed E-state index contributed by atoms with van der Waals surface area (Å²) in [5, 5.41) is 13.7. The number of esters is 1. The second-order valence-electron chi connectivity index (χ2n) is 18.3. The van der Waals surface area contributed by atoms with Crippen molar-refractivity contribution in [3.63, 3.8) is 0 Å². The molecule has 0 aliphatic heterocycles. The molecule has 7 rings (SSSR count). The number of aryl methyl sites for hydroxylation is 6. The largest absolute Gasteiger partial charge is 0.511 e. The quantitative estimate of drug-likeness (QED) is 0.0600. The number of alkyl halides is 3. The first-order valence-corrected chi connectivity index (χ1v) is 25.2. The molecule has 0 spiro atoms. The lowest BCUT2D eigenvalue weighted by Gasteiger charge is -2.34. The highest BCUT2D eigenvalue weighted by molar-refractivity contribution is 7.90. The molecule has 0 radical (unpaired) electrons. The van der Waals surface area contributed by atoms with Crippen molar-refractivity contribution >= 4 is 55.2 Å². The standard InChI is InChI=1S/C54H63N3O2.C2H4F3NO2S/c1-9-15-40(10-2)54(58)59-50-19-14-13-18-49(50)57-48-29-28-47(45-16-11-12-17-46(45)48)51(41-20-24-43(25-21-41)55-52-36(5)30-34(3)31-37(52)6)42-22-26-44(27-23-42)56-53-38(7)32-35(4)33-39(53)8;1-6-9(7,8)2(3,4)5/h11-12,16-17,20-33,40,49-51,55-57H,9-10,13-15,18-19H2,1-8H3;6H,1H3. The van der Waals surface area contributed by atoms with Crippen molar-refractivity contribution in [1.82, 2.24) is 4.72 Å². The van der Waals surface area contributed by atoms with Crippen LogP contribution in [-0.2, 0) is 19.6 Å². The van der Waals surface area contributed by atoms with E-state index < -0.39 is 15.5 Å². The fourth-order valence-corrected chi connectivity index (χ4v) is 9.84. The number of benzene rings is 6. The van der Waals surface area contributed by atoms with Crippen molar-refractivity contribution < 1.29 is 31.1 Å². The van der Waals surface area contributed by atoms with Crippen LogP contribution in [0.2, 0.25) is 0 Å². The van der Waals surface area contributed by atoms with Gasteiger partial charge >= 0.3 is 21.5 Å². The molecule has 0 saturated heterocycles. The molecule has 1 saturated carbocycles. The third-order valence-corrected chi connectivity index (χ3v) is 14.1. The molecule has 4 N–H and O–H groups in total. The second kappa shape index (κ2) is 22.5. The van der Waals surface area contributed by atoms with E-state index in [4.69, 9.17) is 4.74 Å². The first kappa shape index (κ1) is 51.5. The summed E-state index contributed by atoms with van der Waals surface area (Å²) < 4.78 is 60.5. The molecule has 1 fully saturated rings. The SMILES string of the molecule is CCCC(CC)C(=O)OC1CCCCC1Nc1ccc(C(c2ccc(Nc3c(C)cc(C)cc3C)cc2)c2ccc(Nc3c(C)cc(C)cc3C)cc2)c2ccccc12.CNS(=O)(=O)C(F)(F)F. The van der Waals surface area contributed by atoms with Gasteiger partial charge in [-0.2, -0.15) is 13.2 Å². The van der Waals surface area contributed by atoms with Gasteiger partial charge in [0.05, 0.1) is 12.0 Å². The molecule has 8 nitrogen and oxygen atoms in total. The lowest BCUT2D eigenvalue weighted by molar-refractivity contribution is -0.156. The van der Waals surface area contributed by atoms with E-state index in [0.29, 0.717) is 7.05 Å². The molecule has 12 heteroatoms. The van der Waals surface area contributed by atoms with E-state index in [1.165, 1.54) is 60.8 Å². The molecule has 362 valence electrons. The minimum absolute atomic E-state index is 0.0179. The highest BCUT2D eigenvalue weighted by Gasteiger charge is 2.44. The number of halogens is 3. The number of hydrogen-bond donors (Lipinski definition) is 4. The van der Waals surface area contributed by atoms with Crippen molar-refractivity contribution in [3.8, 4) is 0 Å². The minimum atomic E-state index is -5.19. The van der Waals surface area contributed by atoms with Crippen LogP contribution in [0, 0.1) is 47.5 Å². The van der Waals surface area contributed by atoms with Crippen molar-refractivity contribution in [3.05, 3.63) is 159 Å². The lowest BCUT2D eigenvalue weighted by Crippen LogP contribution is -2.40. The molecular weight excluding hydrogens is 882 g/mol. The van der Waals surface area contributed by atoms with E-state index >= 15 is 0 Å². The Balaban J connectivity index is 0.000000767. The molecule has 0 amide bonds. The van der Waals surface area contributed by atoms with Gasteiger partial charge in [-0.25, -0.2) is 13.1 Å². The van der Waals surface area contributed by atoms with Gasteiger partial charge < -0.3 is 20.7 Å². The summed E-state index contributed by atoms with van der Waals surface area (Å²) in [7, 11) is -4.39. The zero-order valence-electron chi connectivity index (χ0n) is 40.8. The first-order valence-electron chi connectivity index (χ1n) is 23.7. The highest BCUT2D eigenvalue weighted by Crippen LogP contribution is 2.41. The zero-order chi connectivity index (χ0) is 49.3. The fourth-order valence-electron chi connectivity index (χ4n) is 9.61. The van der Waals surface area contributed by atoms with Crippen molar-refractivity contribution in [1.29, 1.82) is 0 Å². The number of rotatable bonds is 15. The maximum atomic E-state index is 13.3. The number of carbonyl (C=O) groups excluding carboxylic acids is 1. The van der Waals surface area contributed by atoms with E-state index in [1.807, 2.05) is 0 Å². The van der Waals surface area contributed by atoms with Crippen LogP contribution < -0.4 is 20.7 Å². The molecule has 1 aliphatic rings. The molecular formula is C56H67F3N4O4S. The number of hydrogen-bond acceptors (Lipinski definition) is 7. The number of nitrogens with one attached hydrogen (secondary N) is 4. The van der Waals surface area contributed by atoms with Crippen LogP contribution in [0.1, 0.15) is 115 Å². The number of carbonyl (C=O) groups is 1. The number of ether oxygens (including phenoxy) is 1. The molecule has 6 aromatic carbocycles. The summed E-state index contributed by atoms with van der Waals surface area (Å²) in [6.07, 6.45) is 6.63. The van der Waals surface area contributed by atoms with Gasteiger partial charge in [0.15, 0.2) is 0 Å². The van der Waals surface area contributed by atoms with Crippen LogP contribution >= 0.6 is 0 Å². The number of sulfonamides is 1. The van der Waals surface area contributed by atoms with Gasteiger partial charge in [0, 0.05) is 39.7 Å². The Bertz CT molecular complexity index is 2640. The summed E-state index contributed by atoms with van der Waals surface area (Å²) in [6, 6.07) is 40.3. The smallest absolute Gasteiger partial charge is 0.460 e. The van der Waals surface area contributed by atoms with E-state index in [9.17, 15) is 26.4 Å². The normalized spacial score (nSPS) is 15.6. The third-order valence-electron chi connectivity index (χ3n) is 13.0. The third kappa shape index (κ3) is 12.4. The number of fused-ring (bicyclic) bond motifs is 1. The molecule has 0 bridgehead atoms. The van der Waals surface area contributed by atoms with Crippen LogP contribution in [-0.4, -0.2) is 39.1 Å². The van der Waals surface area contributed by atoms with Gasteiger partial charge in [-0.05, 0) is 155 Å². The van der Waals surface area contributed by atoms with E-state index in [-0.39, 0.29) is 30.0 Å². The summed E-state index contributed by atoms with van der Waals surface area (Å²) in [4.78, 5) is 13.3. The molecule has 68 heavy (non-hydrogen) atoms. The van der Waals surface area contributed by atoms with Gasteiger partial charge in [-0.3, -0.25) is 4.79 Å². The topological polar surface area (TPSA) is 109 Å². The Morgan fingerprint density at radius 1 is 0.691 bits per heavy atom. The predicted octanol–water partition coefficient (Wildman–Crippen LogP) is 14.5. The first-order chi connectivity index (χ1) is 32.3. The van der Waals surface area contributed by atoms with E-state index in [1.54, 1.807) is 0 Å². The average molecular weight is 949 g/mol. The highest BCUT2D eigenvalue weighted by atomic mass is 32.2. The molecule has 6 aromatic rings. The Labute approximate surface area is 401 Å². The van der Waals surface area contributed by atoms with E-state index in [0.717, 1.165) is 78.1 Å². The van der Waals surface area contributed by atoms with Gasteiger partial charge in [0.25, 0.3) is 0 Å². The zero-order valence-corrected chi connectivity index (χ0v) is 41.6. The summed E-state index contributed by atoms with van der Waals surface area (Å²) >= 11 is 0. The van der Waals surface area contributed by atoms with Crippen LogP contribution in [0.5, 0.6) is 0 Å². The summed E-state index contributed by atoms with van der Waals surface area (Å²) in [5.74, 6) is -0.0801. The summed E-state index contributed by atoms with van der Waals surface area (Å²) in [6.45, 7) is 17.2. The fraction of sp³-hybridized carbons (Fsp3) is 0.375. The summed E-state index contributed by atoms with van der Waals surface area (Å²) in [5.41, 5.74) is 11.6. The van der Waals surface area contributed by atoms with Crippen LogP contribution in [0.3, 0.4) is 0 Å². The molecule has 3 atom stereocenters. The Morgan fingerprint density at radius 2 is 1.18 bits per heavy atom. The van der Waals surface area contributed by atoms with E-state index in [2.05, 4.69) is 181 Å². The number of anilines is 5. The van der Waals surface area contributed by atoms with Gasteiger partial charge in [0.2, 0.25) is 0 Å². The van der Waals surface area contributed by atoms with Gasteiger partial charge in [-0.1, -0.05) is 117 Å². The monoisotopic (exact) mass is 948 g/mol. The molecule has 0 heterocycles. The van der Waals surface area contributed by atoms with Crippen molar-refractivity contribution in [2.24, 2.45) is 5.92 Å². The van der Waals surface area contributed by atoms with Gasteiger partial charge in [-0.15, -0.1) is 0 Å². The molecule has 0 aromatic heterocycles. The van der Waals surface area contributed by atoms with Crippen LogP contribution in [0.25, 0.3) is 10.8 Å².